The van der Waals surface area contributed by atoms with Crippen LogP contribution in [0.15, 0.2) is 36.7 Å². The zero-order valence-electron chi connectivity index (χ0n) is 11.0. The van der Waals surface area contributed by atoms with Crippen LogP contribution in [0.5, 0.6) is 0 Å². The number of aromatic carboxylic acids is 1. The number of carbonyl (C=O) groups is 2. The molecule has 0 atom stereocenters. The molecule has 2 aromatic rings. The maximum absolute atomic E-state index is 12.0. The molecular formula is C14H12N4O3. The van der Waals surface area contributed by atoms with Gasteiger partial charge in [0.25, 0.3) is 0 Å². The maximum Gasteiger partial charge on any atom is 0.335 e. The molecule has 1 aliphatic heterocycles. The molecule has 0 spiro atoms. The van der Waals surface area contributed by atoms with Crippen LogP contribution in [0, 0.1) is 0 Å². The van der Waals surface area contributed by atoms with E-state index in [0.29, 0.717) is 12.2 Å². The Morgan fingerprint density at radius 2 is 2.10 bits per heavy atom. The number of nitrogens with one attached hydrogen (secondary N) is 1. The highest BCUT2D eigenvalue weighted by Crippen LogP contribution is 2.25. The van der Waals surface area contributed by atoms with Gasteiger partial charge in [0.1, 0.15) is 0 Å². The van der Waals surface area contributed by atoms with E-state index in [2.05, 4.69) is 15.5 Å². The van der Waals surface area contributed by atoms with E-state index in [0.717, 1.165) is 11.3 Å². The summed E-state index contributed by atoms with van der Waals surface area (Å²) in [6.45, 7) is 0.655. The van der Waals surface area contributed by atoms with Crippen molar-refractivity contribution in [2.24, 2.45) is 0 Å². The summed E-state index contributed by atoms with van der Waals surface area (Å²) in [6, 6.07) is 6.49. The summed E-state index contributed by atoms with van der Waals surface area (Å²) < 4.78 is 0. The van der Waals surface area contributed by atoms with Crippen LogP contribution in [0.4, 0.5) is 11.4 Å². The largest absolute Gasteiger partial charge is 0.478 e. The van der Waals surface area contributed by atoms with E-state index in [4.69, 9.17) is 5.11 Å². The Balaban J connectivity index is 1.97. The molecular weight excluding hydrogens is 272 g/mol. The number of hydrogen-bond acceptors (Lipinski definition) is 5. The van der Waals surface area contributed by atoms with Gasteiger partial charge in [-0.05, 0) is 23.8 Å². The van der Waals surface area contributed by atoms with Crippen molar-refractivity contribution in [1.29, 1.82) is 0 Å². The summed E-state index contributed by atoms with van der Waals surface area (Å²) in [5.41, 5.74) is 2.32. The van der Waals surface area contributed by atoms with Crippen LogP contribution in [0.25, 0.3) is 0 Å². The highest BCUT2D eigenvalue weighted by Gasteiger charge is 2.20. The zero-order chi connectivity index (χ0) is 14.8. The molecule has 2 heterocycles. The highest BCUT2D eigenvalue weighted by molar-refractivity contribution is 5.97. The van der Waals surface area contributed by atoms with Gasteiger partial charge in [-0.25, -0.2) is 4.79 Å². The first-order valence-corrected chi connectivity index (χ1v) is 6.31. The number of amides is 1. The maximum atomic E-state index is 12.0. The SMILES string of the molecule is O=C1CN(c2ccnnc2)Cc2ccc(C(=O)O)cc2N1. The number of hydrogen-bond donors (Lipinski definition) is 2. The van der Waals surface area contributed by atoms with Crippen LogP contribution in [0.2, 0.25) is 0 Å². The van der Waals surface area contributed by atoms with Gasteiger partial charge < -0.3 is 15.3 Å². The van der Waals surface area contributed by atoms with E-state index < -0.39 is 5.97 Å². The lowest BCUT2D eigenvalue weighted by molar-refractivity contribution is -0.114. The molecule has 1 amide bonds. The Bertz CT molecular complexity index is 703. The normalized spacial score (nSPS) is 14.1. The topological polar surface area (TPSA) is 95.4 Å². The standard InChI is InChI=1S/C14H12N4O3/c19-13-8-18(11-3-4-15-16-6-11)7-10-2-1-9(14(20)21)5-12(10)17-13/h1-6H,7-8H2,(H,17,19)(H,20,21). The summed E-state index contributed by atoms with van der Waals surface area (Å²) in [5.74, 6) is -1.22. The second-order valence-corrected chi connectivity index (χ2v) is 4.68. The van der Waals surface area contributed by atoms with E-state index >= 15 is 0 Å². The van der Waals surface area contributed by atoms with E-state index in [9.17, 15) is 9.59 Å². The zero-order valence-corrected chi connectivity index (χ0v) is 11.0. The number of fused-ring (bicyclic) bond motifs is 1. The summed E-state index contributed by atoms with van der Waals surface area (Å²) in [7, 11) is 0. The number of anilines is 2. The number of nitrogens with zero attached hydrogens (tertiary/aromatic N) is 3. The monoisotopic (exact) mass is 284 g/mol. The first-order valence-electron chi connectivity index (χ1n) is 6.31. The van der Waals surface area contributed by atoms with Crippen LogP contribution in [0.3, 0.4) is 0 Å². The third kappa shape index (κ3) is 2.66. The van der Waals surface area contributed by atoms with Crippen molar-refractivity contribution in [2.75, 3.05) is 16.8 Å². The Hall–Kier alpha value is -2.96. The van der Waals surface area contributed by atoms with Gasteiger partial charge in [0.05, 0.1) is 30.2 Å². The van der Waals surface area contributed by atoms with E-state index in [1.807, 2.05) is 4.90 Å². The summed E-state index contributed by atoms with van der Waals surface area (Å²) in [6.07, 6.45) is 3.15. The molecule has 1 aromatic carbocycles. The smallest absolute Gasteiger partial charge is 0.335 e. The van der Waals surface area contributed by atoms with Crippen molar-refractivity contribution in [1.82, 2.24) is 10.2 Å². The van der Waals surface area contributed by atoms with Crippen molar-refractivity contribution in [2.45, 2.75) is 6.54 Å². The second kappa shape index (κ2) is 5.20. The molecule has 1 aromatic heterocycles. The average Bonchev–Trinajstić information content (AvgIpc) is 2.65. The van der Waals surface area contributed by atoms with Crippen LogP contribution in [-0.2, 0) is 11.3 Å². The Kier molecular flexibility index (Phi) is 3.23. The molecule has 3 rings (SSSR count). The van der Waals surface area contributed by atoms with Gasteiger partial charge in [-0.2, -0.15) is 10.2 Å². The number of aromatic nitrogens is 2. The van der Waals surface area contributed by atoms with Crippen molar-refractivity contribution < 1.29 is 14.7 Å². The third-order valence-electron chi connectivity index (χ3n) is 3.26. The van der Waals surface area contributed by atoms with E-state index in [-0.39, 0.29) is 18.0 Å². The molecule has 0 bridgehead atoms. The summed E-state index contributed by atoms with van der Waals surface area (Å²) in [4.78, 5) is 24.8. The predicted octanol–water partition coefficient (Wildman–Crippen LogP) is 1.13. The number of benzene rings is 1. The fourth-order valence-electron chi connectivity index (χ4n) is 2.24. The fraction of sp³-hybridized carbons (Fsp3) is 0.143. The summed E-state index contributed by atoms with van der Waals surface area (Å²) in [5, 5.41) is 19.3. The average molecular weight is 284 g/mol. The molecule has 0 saturated heterocycles. The number of rotatable bonds is 2. The van der Waals surface area contributed by atoms with E-state index in [1.54, 1.807) is 24.5 Å². The molecule has 0 unspecified atom stereocenters. The van der Waals surface area contributed by atoms with Crippen molar-refractivity contribution in [3.05, 3.63) is 47.8 Å². The van der Waals surface area contributed by atoms with Gasteiger partial charge in [-0.1, -0.05) is 6.07 Å². The molecule has 0 fully saturated rings. The Morgan fingerprint density at radius 1 is 1.24 bits per heavy atom. The quantitative estimate of drug-likeness (QED) is 0.858. The molecule has 106 valence electrons. The van der Waals surface area contributed by atoms with Crippen LogP contribution < -0.4 is 10.2 Å². The minimum Gasteiger partial charge on any atom is -0.478 e. The Labute approximate surface area is 120 Å². The number of carboxylic acids is 1. The lowest BCUT2D eigenvalue weighted by atomic mass is 10.1. The van der Waals surface area contributed by atoms with Gasteiger partial charge in [0.2, 0.25) is 5.91 Å². The molecule has 7 heteroatoms. The van der Waals surface area contributed by atoms with E-state index in [1.165, 1.54) is 12.1 Å². The van der Waals surface area contributed by atoms with Crippen molar-refractivity contribution >= 4 is 23.3 Å². The van der Waals surface area contributed by atoms with Gasteiger partial charge in [-0.15, -0.1) is 0 Å². The first-order chi connectivity index (χ1) is 10.1. The predicted molar refractivity (Wildman–Crippen MR) is 75.1 cm³/mol. The third-order valence-corrected chi connectivity index (χ3v) is 3.26. The van der Waals surface area contributed by atoms with Crippen molar-refractivity contribution in [3.63, 3.8) is 0 Å². The first kappa shape index (κ1) is 13.0. The lowest BCUT2D eigenvalue weighted by Crippen LogP contribution is -2.29. The van der Waals surface area contributed by atoms with Gasteiger partial charge >= 0.3 is 5.97 Å². The van der Waals surface area contributed by atoms with Gasteiger partial charge in [-0.3, -0.25) is 4.79 Å². The second-order valence-electron chi connectivity index (χ2n) is 4.68. The molecule has 0 aliphatic carbocycles. The fourth-order valence-corrected chi connectivity index (χ4v) is 2.24. The molecule has 0 saturated carbocycles. The Morgan fingerprint density at radius 3 is 2.81 bits per heavy atom. The lowest BCUT2D eigenvalue weighted by Gasteiger charge is -2.20. The van der Waals surface area contributed by atoms with Crippen LogP contribution in [0.1, 0.15) is 15.9 Å². The minimum atomic E-state index is -1.02. The minimum absolute atomic E-state index is 0.146. The molecule has 2 N–H and O–H groups in total. The number of carbonyl (C=O) groups excluding carboxylic acids is 1. The van der Waals surface area contributed by atoms with Crippen LogP contribution in [-0.4, -0.2) is 33.7 Å². The van der Waals surface area contributed by atoms with Gasteiger partial charge in [0.15, 0.2) is 0 Å². The molecule has 7 nitrogen and oxygen atoms in total. The van der Waals surface area contributed by atoms with Crippen LogP contribution >= 0.6 is 0 Å². The van der Waals surface area contributed by atoms with Gasteiger partial charge in [0, 0.05) is 12.2 Å². The highest BCUT2D eigenvalue weighted by atomic mass is 16.4. The number of carboxylic acid groups (broad SMARTS) is 1. The molecule has 0 radical (unpaired) electrons. The summed E-state index contributed by atoms with van der Waals surface area (Å²) >= 11 is 0. The molecule has 21 heavy (non-hydrogen) atoms. The van der Waals surface area contributed by atoms with Crippen molar-refractivity contribution in [3.8, 4) is 0 Å². The molecule has 1 aliphatic rings.